The summed E-state index contributed by atoms with van der Waals surface area (Å²) in [7, 11) is 0. The largest absolute Gasteiger partial charge is 0.192 e. The van der Waals surface area contributed by atoms with Crippen LogP contribution in [-0.4, -0.2) is 0 Å². The molecule has 0 radical (unpaired) electrons. The van der Waals surface area contributed by atoms with Gasteiger partial charge in [0.05, 0.1) is 11.6 Å². The smallest absolute Gasteiger partial charge is 0.0991 e. The minimum atomic E-state index is 0.676. The molecule has 0 aromatic heterocycles. The number of benzene rings is 7. The molecule has 166 valence electrons. The molecule has 0 amide bonds. The summed E-state index contributed by atoms with van der Waals surface area (Å²) in [6, 6.07) is 47.4. The summed E-state index contributed by atoms with van der Waals surface area (Å²) in [6.07, 6.45) is 0. The van der Waals surface area contributed by atoms with Gasteiger partial charge in [-0.3, -0.25) is 0 Å². The van der Waals surface area contributed by atoms with E-state index in [9.17, 15) is 5.26 Å². The zero-order chi connectivity index (χ0) is 24.1. The van der Waals surface area contributed by atoms with Crippen molar-refractivity contribution in [3.05, 3.63) is 133 Å². The fourth-order valence-corrected chi connectivity index (χ4v) is 5.60. The summed E-state index contributed by atoms with van der Waals surface area (Å²) in [5.74, 6) is 0. The highest BCUT2D eigenvalue weighted by atomic mass is 14.2. The van der Waals surface area contributed by atoms with Gasteiger partial charge in [0.2, 0.25) is 0 Å². The Morgan fingerprint density at radius 3 is 1.31 bits per heavy atom. The van der Waals surface area contributed by atoms with Crippen LogP contribution in [-0.2, 0) is 0 Å². The zero-order valence-corrected chi connectivity index (χ0v) is 19.6. The Morgan fingerprint density at radius 1 is 0.361 bits per heavy atom. The normalized spacial score (nSPS) is 11.3. The molecule has 7 aromatic rings. The fraction of sp³-hybridized carbons (Fsp3) is 0. The molecule has 0 atom stereocenters. The molecule has 1 heteroatoms. The van der Waals surface area contributed by atoms with Gasteiger partial charge in [-0.1, -0.05) is 109 Å². The third kappa shape index (κ3) is 3.09. The van der Waals surface area contributed by atoms with E-state index in [1.807, 2.05) is 24.3 Å². The second kappa shape index (κ2) is 8.08. The van der Waals surface area contributed by atoms with Gasteiger partial charge in [0.1, 0.15) is 0 Å². The molecule has 0 aliphatic rings. The lowest BCUT2D eigenvalue weighted by Gasteiger charge is -2.15. The van der Waals surface area contributed by atoms with Crippen molar-refractivity contribution in [2.24, 2.45) is 0 Å². The molecule has 0 fully saturated rings. The van der Waals surface area contributed by atoms with Crippen molar-refractivity contribution in [2.75, 3.05) is 0 Å². The molecule has 7 aromatic carbocycles. The zero-order valence-electron chi connectivity index (χ0n) is 19.6. The van der Waals surface area contributed by atoms with Gasteiger partial charge in [-0.25, -0.2) is 0 Å². The van der Waals surface area contributed by atoms with Crippen LogP contribution in [0.5, 0.6) is 0 Å². The Kier molecular flexibility index (Phi) is 4.59. The van der Waals surface area contributed by atoms with Crippen molar-refractivity contribution < 1.29 is 0 Å². The van der Waals surface area contributed by atoms with Gasteiger partial charge in [-0.15, -0.1) is 0 Å². The fourth-order valence-electron chi connectivity index (χ4n) is 5.60. The Morgan fingerprint density at radius 2 is 0.778 bits per heavy atom. The predicted octanol–water partition coefficient (Wildman–Crippen LogP) is 9.51. The van der Waals surface area contributed by atoms with Crippen LogP contribution in [0.25, 0.3) is 65.3 Å². The topological polar surface area (TPSA) is 23.8 Å². The van der Waals surface area contributed by atoms with E-state index in [1.165, 1.54) is 59.8 Å². The van der Waals surface area contributed by atoms with Crippen LogP contribution >= 0.6 is 0 Å². The van der Waals surface area contributed by atoms with E-state index in [-0.39, 0.29) is 0 Å². The molecule has 36 heavy (non-hydrogen) atoms. The molecule has 0 bridgehead atoms. The number of hydrogen-bond donors (Lipinski definition) is 0. The highest BCUT2D eigenvalue weighted by molar-refractivity contribution is 6.26. The van der Waals surface area contributed by atoms with Crippen LogP contribution < -0.4 is 0 Å². The summed E-state index contributed by atoms with van der Waals surface area (Å²) in [5.41, 5.74) is 5.41. The SMILES string of the molecule is N#Cc1ccc(-c2ccc(-c3ccc4c5ccccc5c5ccccc5c4c3)c3ccccc23)cc1. The highest BCUT2D eigenvalue weighted by Gasteiger charge is 2.13. The third-order valence-corrected chi connectivity index (χ3v) is 7.30. The molecule has 0 aliphatic heterocycles. The maximum atomic E-state index is 9.18. The minimum absolute atomic E-state index is 0.676. The van der Waals surface area contributed by atoms with Gasteiger partial charge in [0.25, 0.3) is 0 Å². The molecule has 0 saturated carbocycles. The van der Waals surface area contributed by atoms with E-state index < -0.39 is 0 Å². The standard InChI is InChI=1S/C35H21N/c36-22-23-13-15-24(16-14-23)26-19-20-27(29-8-2-1-7-28(26)29)25-17-18-34-32-11-4-3-9-30(32)31-10-5-6-12-33(31)35(34)21-25/h1-21H. The van der Waals surface area contributed by atoms with Crippen molar-refractivity contribution in [3.8, 4) is 28.3 Å². The number of rotatable bonds is 2. The van der Waals surface area contributed by atoms with Gasteiger partial charge >= 0.3 is 0 Å². The van der Waals surface area contributed by atoms with E-state index in [4.69, 9.17) is 0 Å². The van der Waals surface area contributed by atoms with Gasteiger partial charge in [-0.05, 0) is 83.5 Å². The number of nitrogens with zero attached hydrogens (tertiary/aromatic N) is 1. The molecule has 0 spiro atoms. The van der Waals surface area contributed by atoms with Crippen LogP contribution in [0, 0.1) is 11.3 Å². The van der Waals surface area contributed by atoms with Gasteiger partial charge in [0, 0.05) is 0 Å². The lowest BCUT2D eigenvalue weighted by molar-refractivity contribution is 1.48. The monoisotopic (exact) mass is 455 g/mol. The number of fused-ring (bicyclic) bond motifs is 7. The maximum absolute atomic E-state index is 9.18. The van der Waals surface area contributed by atoms with E-state index in [0.717, 1.165) is 5.56 Å². The van der Waals surface area contributed by atoms with E-state index in [2.05, 4.69) is 109 Å². The van der Waals surface area contributed by atoms with E-state index >= 15 is 0 Å². The Labute approximate surface area is 209 Å². The molecule has 0 N–H and O–H groups in total. The van der Waals surface area contributed by atoms with Crippen molar-refractivity contribution in [1.29, 1.82) is 5.26 Å². The van der Waals surface area contributed by atoms with Crippen LogP contribution in [0.3, 0.4) is 0 Å². The Hall–Kier alpha value is -4.93. The van der Waals surface area contributed by atoms with Crippen molar-refractivity contribution in [1.82, 2.24) is 0 Å². The molecule has 0 saturated heterocycles. The van der Waals surface area contributed by atoms with E-state index in [0.29, 0.717) is 5.56 Å². The third-order valence-electron chi connectivity index (χ3n) is 7.30. The van der Waals surface area contributed by atoms with Crippen molar-refractivity contribution in [2.45, 2.75) is 0 Å². The Balaban J connectivity index is 1.49. The van der Waals surface area contributed by atoms with Crippen molar-refractivity contribution in [3.63, 3.8) is 0 Å². The molecule has 0 unspecified atom stereocenters. The average molecular weight is 456 g/mol. The minimum Gasteiger partial charge on any atom is -0.192 e. The first-order chi connectivity index (χ1) is 17.8. The molecule has 1 nitrogen and oxygen atoms in total. The molecule has 0 heterocycles. The summed E-state index contributed by atoms with van der Waals surface area (Å²) >= 11 is 0. The quantitative estimate of drug-likeness (QED) is 0.238. The second-order valence-electron chi connectivity index (χ2n) is 9.25. The second-order valence-corrected chi connectivity index (χ2v) is 9.25. The predicted molar refractivity (Wildman–Crippen MR) is 152 cm³/mol. The van der Waals surface area contributed by atoms with Crippen LogP contribution in [0.2, 0.25) is 0 Å². The Bertz CT molecular complexity index is 1950. The van der Waals surface area contributed by atoms with Gasteiger partial charge in [-0.2, -0.15) is 5.26 Å². The van der Waals surface area contributed by atoms with Crippen LogP contribution in [0.15, 0.2) is 127 Å². The summed E-state index contributed by atoms with van der Waals surface area (Å²) in [6.45, 7) is 0. The van der Waals surface area contributed by atoms with Crippen LogP contribution in [0.4, 0.5) is 0 Å². The lowest BCUT2D eigenvalue weighted by Crippen LogP contribution is -1.88. The summed E-state index contributed by atoms with van der Waals surface area (Å²) < 4.78 is 0. The maximum Gasteiger partial charge on any atom is 0.0991 e. The molecule has 0 aliphatic carbocycles. The van der Waals surface area contributed by atoms with Crippen LogP contribution in [0.1, 0.15) is 5.56 Å². The molecular weight excluding hydrogens is 434 g/mol. The average Bonchev–Trinajstić information content (AvgIpc) is 2.96. The number of hydrogen-bond acceptors (Lipinski definition) is 1. The van der Waals surface area contributed by atoms with E-state index in [1.54, 1.807) is 0 Å². The van der Waals surface area contributed by atoms with Gasteiger partial charge in [0.15, 0.2) is 0 Å². The highest BCUT2D eigenvalue weighted by Crippen LogP contribution is 2.40. The number of nitriles is 1. The molecule has 7 rings (SSSR count). The first kappa shape index (κ1) is 20.4. The first-order valence-electron chi connectivity index (χ1n) is 12.2. The summed E-state index contributed by atoms with van der Waals surface area (Å²) in [4.78, 5) is 0. The summed E-state index contributed by atoms with van der Waals surface area (Å²) in [5, 5.41) is 19.3. The lowest BCUT2D eigenvalue weighted by atomic mass is 9.89. The first-order valence-corrected chi connectivity index (χ1v) is 12.2. The van der Waals surface area contributed by atoms with Gasteiger partial charge < -0.3 is 0 Å². The van der Waals surface area contributed by atoms with Crippen molar-refractivity contribution >= 4 is 43.1 Å². The molecular formula is C35H21N.